The van der Waals surface area contributed by atoms with E-state index >= 15 is 0 Å². The summed E-state index contributed by atoms with van der Waals surface area (Å²) in [6.45, 7) is 22.3. The van der Waals surface area contributed by atoms with Crippen LogP contribution in [0, 0.1) is 5.92 Å². The van der Waals surface area contributed by atoms with Crippen molar-refractivity contribution in [1.29, 1.82) is 0 Å². The van der Waals surface area contributed by atoms with Crippen LogP contribution in [0.15, 0.2) is 35.9 Å². The van der Waals surface area contributed by atoms with Crippen LogP contribution in [-0.4, -0.2) is 49.2 Å². The van der Waals surface area contributed by atoms with E-state index in [0.717, 1.165) is 50.2 Å². The third-order valence-electron chi connectivity index (χ3n) is 8.53. The summed E-state index contributed by atoms with van der Waals surface area (Å²) in [6, 6.07) is 8.53. The molecule has 0 amide bonds. The molecule has 1 aromatic heterocycles. The van der Waals surface area contributed by atoms with Gasteiger partial charge in [-0.15, -0.1) is 0 Å². The summed E-state index contributed by atoms with van der Waals surface area (Å²) in [6.07, 6.45) is 5.03. The van der Waals surface area contributed by atoms with E-state index in [1.54, 1.807) is 0 Å². The van der Waals surface area contributed by atoms with Crippen molar-refractivity contribution in [2.24, 2.45) is 5.92 Å². The minimum Gasteiger partial charge on any atom is -0.443 e. The van der Waals surface area contributed by atoms with Crippen LogP contribution in [0.2, 0.25) is 18.1 Å². The van der Waals surface area contributed by atoms with E-state index in [0.29, 0.717) is 5.92 Å². The molecule has 6 heteroatoms. The van der Waals surface area contributed by atoms with Crippen molar-refractivity contribution < 1.29 is 14.0 Å². The highest BCUT2D eigenvalue weighted by Crippen LogP contribution is 2.45. The molecule has 2 atom stereocenters. The largest absolute Gasteiger partial charge is 0.443 e. The Morgan fingerprint density at radius 3 is 2.47 bits per heavy atom. The second kappa shape index (κ2) is 9.77. The van der Waals surface area contributed by atoms with E-state index < -0.39 is 13.9 Å². The van der Waals surface area contributed by atoms with Crippen molar-refractivity contribution in [1.82, 2.24) is 9.47 Å². The Morgan fingerprint density at radius 1 is 1.14 bits per heavy atom. The zero-order valence-corrected chi connectivity index (χ0v) is 24.9. The Labute approximate surface area is 219 Å². The monoisotopic (exact) mass is 510 g/mol. The van der Waals surface area contributed by atoms with Crippen molar-refractivity contribution in [3.63, 3.8) is 0 Å². The molecule has 0 radical (unpaired) electrons. The molecular weight excluding hydrogens is 464 g/mol. The fraction of sp³-hybridized carbons (Fsp3) is 0.633. The molecule has 3 heterocycles. The van der Waals surface area contributed by atoms with Crippen molar-refractivity contribution >= 4 is 25.3 Å². The topological polar surface area (TPSA) is 43.7 Å². The quantitative estimate of drug-likeness (QED) is 0.312. The number of hydrogen-bond donors (Lipinski definition) is 0. The van der Waals surface area contributed by atoms with Crippen molar-refractivity contribution in [3.8, 4) is 0 Å². The van der Waals surface area contributed by atoms with Crippen LogP contribution in [0.1, 0.15) is 78.6 Å². The number of carbonyl (C=O) groups is 1. The molecule has 36 heavy (non-hydrogen) atoms. The zero-order valence-electron chi connectivity index (χ0n) is 23.9. The van der Waals surface area contributed by atoms with Crippen LogP contribution in [0.25, 0.3) is 10.9 Å². The van der Waals surface area contributed by atoms with Gasteiger partial charge >= 0.3 is 6.09 Å². The molecule has 1 aromatic carbocycles. The van der Waals surface area contributed by atoms with Crippen LogP contribution in [0.3, 0.4) is 0 Å². The van der Waals surface area contributed by atoms with E-state index in [9.17, 15) is 4.79 Å². The molecular formula is C30H46N2O3Si. The Morgan fingerprint density at radius 2 is 1.83 bits per heavy atom. The molecule has 0 saturated carbocycles. The molecule has 0 bridgehead atoms. The van der Waals surface area contributed by atoms with Gasteiger partial charge in [0.25, 0.3) is 0 Å². The number of benzene rings is 1. The zero-order chi connectivity index (χ0) is 26.5. The molecule has 0 aliphatic carbocycles. The van der Waals surface area contributed by atoms with Crippen LogP contribution in [-0.2, 0) is 15.6 Å². The summed E-state index contributed by atoms with van der Waals surface area (Å²) in [5, 5.41) is 1.40. The van der Waals surface area contributed by atoms with Gasteiger partial charge in [0, 0.05) is 25.1 Å². The fourth-order valence-corrected chi connectivity index (χ4v) is 6.63. The number of allylic oxidation sites excluding steroid dienone is 1. The lowest BCUT2D eigenvalue weighted by Gasteiger charge is -2.45. The van der Waals surface area contributed by atoms with Crippen molar-refractivity contribution in [2.75, 3.05) is 19.7 Å². The molecule has 0 spiro atoms. The summed E-state index contributed by atoms with van der Waals surface area (Å²) in [7, 11) is -1.78. The molecule has 1 fully saturated rings. The first-order valence-electron chi connectivity index (χ1n) is 13.6. The number of piperidine rings is 1. The van der Waals surface area contributed by atoms with Crippen molar-refractivity contribution in [3.05, 3.63) is 47.2 Å². The maximum atomic E-state index is 13.6. The number of rotatable bonds is 4. The molecule has 2 aromatic rings. The van der Waals surface area contributed by atoms with E-state index in [-0.39, 0.29) is 17.2 Å². The highest BCUT2D eigenvalue weighted by Gasteiger charge is 2.41. The highest BCUT2D eigenvalue weighted by atomic mass is 28.4. The number of aromatic nitrogens is 1. The minimum absolute atomic E-state index is 0.204. The van der Waals surface area contributed by atoms with E-state index in [4.69, 9.17) is 9.16 Å². The number of hydrogen-bond acceptors (Lipinski definition) is 4. The van der Waals surface area contributed by atoms with Gasteiger partial charge in [-0.3, -0.25) is 4.90 Å². The Kier molecular flexibility index (Phi) is 7.37. The predicted octanol–water partition coefficient (Wildman–Crippen LogP) is 7.70. The van der Waals surface area contributed by atoms with E-state index in [1.165, 1.54) is 16.5 Å². The Bertz CT molecular complexity index is 1150. The third-order valence-corrected chi connectivity index (χ3v) is 13.1. The lowest BCUT2D eigenvalue weighted by molar-refractivity contribution is 0.0516. The lowest BCUT2D eigenvalue weighted by atomic mass is 9.80. The molecule has 0 N–H and O–H groups in total. The number of nitrogens with zero attached hydrogens (tertiary/aromatic N) is 2. The van der Waals surface area contributed by atoms with Gasteiger partial charge in [0.1, 0.15) is 5.60 Å². The Hall–Kier alpha value is -1.89. The normalized spacial score (nSPS) is 22.5. The van der Waals surface area contributed by atoms with Crippen LogP contribution in [0.4, 0.5) is 4.79 Å². The van der Waals surface area contributed by atoms with Gasteiger partial charge in [-0.05, 0) is 82.6 Å². The molecule has 2 aliphatic rings. The number of para-hydroxylation sites is 1. The van der Waals surface area contributed by atoms with Crippen LogP contribution < -0.4 is 0 Å². The van der Waals surface area contributed by atoms with Gasteiger partial charge in [0.2, 0.25) is 0 Å². The summed E-state index contributed by atoms with van der Waals surface area (Å²) in [5.74, 6) is 0.456. The van der Waals surface area contributed by atoms with Crippen LogP contribution >= 0.6 is 0 Å². The molecule has 5 nitrogen and oxygen atoms in total. The average molecular weight is 511 g/mol. The summed E-state index contributed by atoms with van der Waals surface area (Å²) < 4.78 is 14.4. The average Bonchev–Trinajstić information content (AvgIpc) is 3.11. The minimum atomic E-state index is -1.78. The standard InChI is InChI=1S/C30H46N2O3Si/c1-10-21-20-31-17-15-24-23-13-11-12-14-25(23)32(28(33)35-29(2,3)4)27(24)26(31)19-22(21)16-18-34-36(8,9)30(5,6)7/h10-14,22,26H,15-20H2,1-9H3/b21-10+/t22-,26-/m0/s1. The van der Waals surface area contributed by atoms with E-state index in [1.807, 2.05) is 31.4 Å². The first-order valence-corrected chi connectivity index (χ1v) is 16.5. The number of carbonyl (C=O) groups excluding carboxylic acids is 1. The molecule has 4 rings (SSSR count). The number of ether oxygens (including phenoxy) is 1. The maximum absolute atomic E-state index is 13.6. The number of fused-ring (bicyclic) bond motifs is 5. The van der Waals surface area contributed by atoms with Gasteiger partial charge in [0.15, 0.2) is 8.32 Å². The van der Waals surface area contributed by atoms with Gasteiger partial charge in [-0.25, -0.2) is 9.36 Å². The first kappa shape index (κ1) is 27.1. The lowest BCUT2D eigenvalue weighted by Crippen LogP contribution is -2.45. The second-order valence-electron chi connectivity index (χ2n) is 13.1. The van der Waals surface area contributed by atoms with Gasteiger partial charge < -0.3 is 9.16 Å². The van der Waals surface area contributed by atoms with Gasteiger partial charge in [-0.1, -0.05) is 50.6 Å². The maximum Gasteiger partial charge on any atom is 0.419 e. The SMILES string of the molecule is C/C=C1\CN2CCc3c(n(C(=O)OC(C)(C)C)c4ccccc34)[C@@H]2C[C@@H]1CCO[Si](C)(C)C(C)(C)C. The smallest absolute Gasteiger partial charge is 0.419 e. The van der Waals surface area contributed by atoms with Gasteiger partial charge in [-0.2, -0.15) is 0 Å². The molecule has 1 saturated heterocycles. The molecule has 0 unspecified atom stereocenters. The molecule has 2 aliphatic heterocycles. The van der Waals surface area contributed by atoms with Crippen LogP contribution in [0.5, 0.6) is 0 Å². The van der Waals surface area contributed by atoms with E-state index in [2.05, 4.69) is 70.0 Å². The van der Waals surface area contributed by atoms with Gasteiger partial charge in [0.05, 0.1) is 17.3 Å². The summed E-state index contributed by atoms with van der Waals surface area (Å²) in [4.78, 5) is 16.1. The second-order valence-corrected chi connectivity index (χ2v) is 17.9. The third kappa shape index (κ3) is 5.23. The summed E-state index contributed by atoms with van der Waals surface area (Å²) >= 11 is 0. The van der Waals surface area contributed by atoms with Crippen molar-refractivity contribution in [2.45, 2.75) is 97.5 Å². The first-order chi connectivity index (χ1) is 16.7. The molecule has 198 valence electrons. The fourth-order valence-electron chi connectivity index (χ4n) is 5.57. The predicted molar refractivity (Wildman–Crippen MR) is 151 cm³/mol. The summed E-state index contributed by atoms with van der Waals surface area (Å²) in [5.41, 5.74) is 4.39. The Balaban J connectivity index is 1.67. The highest BCUT2D eigenvalue weighted by molar-refractivity contribution is 6.74.